The number of aromatic amines is 1. The van der Waals surface area contributed by atoms with Gasteiger partial charge in [-0.3, -0.25) is 4.98 Å². The van der Waals surface area contributed by atoms with Crippen LogP contribution in [0.5, 0.6) is 0 Å². The van der Waals surface area contributed by atoms with Crippen LogP contribution in [0.2, 0.25) is 0 Å². The summed E-state index contributed by atoms with van der Waals surface area (Å²) in [4.78, 5) is 7.83. The van der Waals surface area contributed by atoms with Gasteiger partial charge in [-0.05, 0) is 30.0 Å². The molecule has 0 amide bonds. The molecule has 2 heteroatoms. The van der Waals surface area contributed by atoms with E-state index in [-0.39, 0.29) is 0 Å². The van der Waals surface area contributed by atoms with Crippen LogP contribution in [0.3, 0.4) is 0 Å². The molecule has 0 saturated carbocycles. The first-order valence-electron chi connectivity index (χ1n) is 5.18. The van der Waals surface area contributed by atoms with E-state index >= 15 is 0 Å². The molecule has 0 aliphatic heterocycles. The second kappa shape index (κ2) is 3.45. The van der Waals surface area contributed by atoms with Crippen molar-refractivity contribution in [3.8, 4) is 0 Å². The standard InChI is InChI=1S/C12H16N2/c1-4-9-5-12-11(13-7-9)6-10(14-12)8(2)3/h5-8,14H,4H2,1-3H3. The lowest BCUT2D eigenvalue weighted by Crippen LogP contribution is -1.85. The van der Waals surface area contributed by atoms with Crippen LogP contribution >= 0.6 is 0 Å². The largest absolute Gasteiger partial charge is 0.357 e. The topological polar surface area (TPSA) is 28.7 Å². The first-order valence-corrected chi connectivity index (χ1v) is 5.18. The summed E-state index contributed by atoms with van der Waals surface area (Å²) >= 11 is 0. The fourth-order valence-corrected chi connectivity index (χ4v) is 1.58. The van der Waals surface area contributed by atoms with Crippen LogP contribution in [0.25, 0.3) is 11.0 Å². The quantitative estimate of drug-likeness (QED) is 0.770. The lowest BCUT2D eigenvalue weighted by Gasteiger charge is -1.97. The highest BCUT2D eigenvalue weighted by atomic mass is 14.8. The van der Waals surface area contributed by atoms with Crippen LogP contribution in [-0.4, -0.2) is 9.97 Å². The average molecular weight is 188 g/mol. The Morgan fingerprint density at radius 2 is 2.14 bits per heavy atom. The fourth-order valence-electron chi connectivity index (χ4n) is 1.58. The monoisotopic (exact) mass is 188 g/mol. The average Bonchev–Trinajstić information content (AvgIpc) is 2.59. The minimum atomic E-state index is 0.536. The molecule has 2 rings (SSSR count). The van der Waals surface area contributed by atoms with E-state index in [0.717, 1.165) is 17.5 Å². The molecule has 0 saturated heterocycles. The van der Waals surface area contributed by atoms with Crippen molar-refractivity contribution in [1.29, 1.82) is 0 Å². The third-order valence-corrected chi connectivity index (χ3v) is 2.58. The van der Waals surface area contributed by atoms with E-state index in [1.54, 1.807) is 0 Å². The Kier molecular flexibility index (Phi) is 2.28. The summed E-state index contributed by atoms with van der Waals surface area (Å²) < 4.78 is 0. The highest BCUT2D eigenvalue weighted by Gasteiger charge is 2.05. The highest BCUT2D eigenvalue weighted by molar-refractivity contribution is 5.76. The number of nitrogens with zero attached hydrogens (tertiary/aromatic N) is 1. The van der Waals surface area contributed by atoms with Gasteiger partial charge in [-0.1, -0.05) is 20.8 Å². The third kappa shape index (κ3) is 1.52. The van der Waals surface area contributed by atoms with Crippen LogP contribution in [0.15, 0.2) is 18.3 Å². The van der Waals surface area contributed by atoms with Gasteiger partial charge in [0.15, 0.2) is 0 Å². The van der Waals surface area contributed by atoms with Crippen LogP contribution in [0.1, 0.15) is 37.9 Å². The second-order valence-corrected chi connectivity index (χ2v) is 4.01. The molecular formula is C12H16N2. The Balaban J connectivity index is 2.54. The molecule has 2 aromatic rings. The smallest absolute Gasteiger partial charge is 0.0881 e. The lowest BCUT2D eigenvalue weighted by molar-refractivity contribution is 0.836. The summed E-state index contributed by atoms with van der Waals surface area (Å²) in [5.41, 5.74) is 4.79. The first kappa shape index (κ1) is 9.25. The molecule has 14 heavy (non-hydrogen) atoms. The molecule has 0 aliphatic rings. The molecule has 0 aliphatic carbocycles. The Labute approximate surface area is 84.4 Å². The molecule has 0 atom stereocenters. The number of fused-ring (bicyclic) bond motifs is 1. The van der Waals surface area contributed by atoms with Crippen LogP contribution < -0.4 is 0 Å². The predicted molar refractivity (Wildman–Crippen MR) is 59.6 cm³/mol. The van der Waals surface area contributed by atoms with E-state index in [0.29, 0.717) is 5.92 Å². The van der Waals surface area contributed by atoms with E-state index in [1.807, 2.05) is 6.20 Å². The lowest BCUT2D eigenvalue weighted by atomic mass is 10.1. The van der Waals surface area contributed by atoms with Crippen molar-refractivity contribution in [2.75, 3.05) is 0 Å². The molecule has 2 nitrogen and oxygen atoms in total. The van der Waals surface area contributed by atoms with Crippen LogP contribution in [0, 0.1) is 0 Å². The zero-order chi connectivity index (χ0) is 10.1. The van der Waals surface area contributed by atoms with Gasteiger partial charge >= 0.3 is 0 Å². The minimum Gasteiger partial charge on any atom is -0.357 e. The zero-order valence-electron chi connectivity index (χ0n) is 8.96. The Hall–Kier alpha value is -1.31. The van der Waals surface area contributed by atoms with E-state index in [1.165, 1.54) is 11.3 Å². The molecule has 0 radical (unpaired) electrons. The second-order valence-electron chi connectivity index (χ2n) is 4.01. The van der Waals surface area contributed by atoms with Gasteiger partial charge in [0.05, 0.1) is 11.0 Å². The van der Waals surface area contributed by atoms with Crippen molar-refractivity contribution >= 4 is 11.0 Å². The normalized spacial score (nSPS) is 11.4. The first-order chi connectivity index (χ1) is 6.70. The van der Waals surface area contributed by atoms with Gasteiger partial charge in [-0.15, -0.1) is 0 Å². The minimum absolute atomic E-state index is 0.536. The number of H-pyrrole nitrogens is 1. The Morgan fingerprint density at radius 3 is 2.79 bits per heavy atom. The molecule has 2 aromatic heterocycles. The van der Waals surface area contributed by atoms with Gasteiger partial charge in [0.1, 0.15) is 0 Å². The van der Waals surface area contributed by atoms with Crippen molar-refractivity contribution in [2.45, 2.75) is 33.1 Å². The molecule has 74 valence electrons. The number of aryl methyl sites for hydroxylation is 1. The number of aromatic nitrogens is 2. The van der Waals surface area contributed by atoms with Crippen molar-refractivity contribution in [3.63, 3.8) is 0 Å². The van der Waals surface area contributed by atoms with Gasteiger partial charge in [0, 0.05) is 11.9 Å². The highest BCUT2D eigenvalue weighted by Crippen LogP contribution is 2.20. The van der Waals surface area contributed by atoms with Gasteiger partial charge in [-0.25, -0.2) is 0 Å². The van der Waals surface area contributed by atoms with Gasteiger partial charge in [-0.2, -0.15) is 0 Å². The summed E-state index contributed by atoms with van der Waals surface area (Å²) in [5.74, 6) is 0.536. The molecule has 0 spiro atoms. The number of nitrogens with one attached hydrogen (secondary N) is 1. The van der Waals surface area contributed by atoms with E-state index in [2.05, 4.69) is 42.9 Å². The molecule has 0 aromatic carbocycles. The predicted octanol–water partition coefficient (Wildman–Crippen LogP) is 3.25. The maximum atomic E-state index is 4.42. The van der Waals surface area contributed by atoms with Crippen molar-refractivity contribution < 1.29 is 0 Å². The molecule has 1 N–H and O–H groups in total. The van der Waals surface area contributed by atoms with E-state index in [4.69, 9.17) is 0 Å². The Bertz CT molecular complexity index is 441. The van der Waals surface area contributed by atoms with Gasteiger partial charge < -0.3 is 4.98 Å². The van der Waals surface area contributed by atoms with Crippen molar-refractivity contribution in [3.05, 3.63) is 29.6 Å². The number of pyridine rings is 1. The Morgan fingerprint density at radius 1 is 1.36 bits per heavy atom. The summed E-state index contributed by atoms with van der Waals surface area (Å²) in [6.07, 6.45) is 3.00. The van der Waals surface area contributed by atoms with Crippen LogP contribution in [0.4, 0.5) is 0 Å². The molecule has 0 unspecified atom stereocenters. The van der Waals surface area contributed by atoms with Crippen molar-refractivity contribution in [2.24, 2.45) is 0 Å². The zero-order valence-corrected chi connectivity index (χ0v) is 8.96. The summed E-state index contributed by atoms with van der Waals surface area (Å²) in [5, 5.41) is 0. The maximum Gasteiger partial charge on any atom is 0.0881 e. The van der Waals surface area contributed by atoms with E-state index in [9.17, 15) is 0 Å². The summed E-state index contributed by atoms with van der Waals surface area (Å²) in [7, 11) is 0. The molecule has 2 heterocycles. The number of hydrogen-bond donors (Lipinski definition) is 1. The van der Waals surface area contributed by atoms with Gasteiger partial charge in [0.2, 0.25) is 0 Å². The molecule has 0 bridgehead atoms. The van der Waals surface area contributed by atoms with Crippen molar-refractivity contribution in [1.82, 2.24) is 9.97 Å². The number of rotatable bonds is 2. The third-order valence-electron chi connectivity index (χ3n) is 2.58. The summed E-state index contributed by atoms with van der Waals surface area (Å²) in [6.45, 7) is 6.52. The molecule has 0 fully saturated rings. The molecular weight excluding hydrogens is 172 g/mol. The van der Waals surface area contributed by atoms with Crippen LogP contribution in [-0.2, 0) is 6.42 Å². The SMILES string of the molecule is CCc1cnc2cc(C(C)C)[nH]c2c1. The fraction of sp³-hybridized carbons (Fsp3) is 0.417. The maximum absolute atomic E-state index is 4.42. The number of hydrogen-bond acceptors (Lipinski definition) is 1. The van der Waals surface area contributed by atoms with Gasteiger partial charge in [0.25, 0.3) is 0 Å². The summed E-state index contributed by atoms with van der Waals surface area (Å²) in [6, 6.07) is 4.33. The van der Waals surface area contributed by atoms with E-state index < -0.39 is 0 Å².